The molecule has 0 aliphatic carbocycles. The maximum atomic E-state index is 11.6. The van der Waals surface area contributed by atoms with Gasteiger partial charge in [0.05, 0.1) is 0 Å². The van der Waals surface area contributed by atoms with Crippen LogP contribution in [0.15, 0.2) is 36.9 Å². The molecule has 20 heavy (non-hydrogen) atoms. The predicted molar refractivity (Wildman–Crippen MR) is 81.8 cm³/mol. The van der Waals surface area contributed by atoms with Crippen LogP contribution in [0.25, 0.3) is 0 Å². The van der Waals surface area contributed by atoms with Gasteiger partial charge in [-0.3, -0.25) is 9.59 Å². The van der Waals surface area contributed by atoms with Crippen molar-refractivity contribution >= 4 is 23.2 Å². The number of amides is 2. The third kappa shape index (κ3) is 4.42. The molecule has 0 saturated heterocycles. The topological polar surface area (TPSA) is 61.4 Å². The molecule has 0 spiro atoms. The monoisotopic (exact) mass is 275 g/mol. The predicted octanol–water partition coefficient (Wildman–Crippen LogP) is 1.77. The SMILES string of the molecule is C=CCNC(=O)C(=O)Nc1ccc(N(CC)CC)cc1. The van der Waals surface area contributed by atoms with Gasteiger partial charge in [-0.25, -0.2) is 0 Å². The van der Waals surface area contributed by atoms with Crippen LogP contribution in [-0.2, 0) is 9.59 Å². The lowest BCUT2D eigenvalue weighted by Gasteiger charge is -2.21. The van der Waals surface area contributed by atoms with Gasteiger partial charge in [0.15, 0.2) is 0 Å². The molecule has 0 heterocycles. The van der Waals surface area contributed by atoms with E-state index >= 15 is 0 Å². The van der Waals surface area contributed by atoms with Gasteiger partial charge < -0.3 is 15.5 Å². The average Bonchev–Trinajstić information content (AvgIpc) is 2.47. The van der Waals surface area contributed by atoms with E-state index in [0.717, 1.165) is 18.8 Å². The van der Waals surface area contributed by atoms with Crippen LogP contribution in [0.3, 0.4) is 0 Å². The second kappa shape index (κ2) is 7.99. The first-order chi connectivity index (χ1) is 9.62. The molecule has 0 fully saturated rings. The molecule has 0 radical (unpaired) electrons. The summed E-state index contributed by atoms with van der Waals surface area (Å²) in [5.74, 6) is -1.35. The van der Waals surface area contributed by atoms with Crippen molar-refractivity contribution in [2.75, 3.05) is 29.9 Å². The minimum Gasteiger partial charge on any atom is -0.372 e. The number of carbonyl (C=O) groups is 2. The summed E-state index contributed by atoms with van der Waals surface area (Å²) >= 11 is 0. The Morgan fingerprint density at radius 2 is 1.75 bits per heavy atom. The van der Waals surface area contributed by atoms with E-state index in [1.807, 2.05) is 12.1 Å². The lowest BCUT2D eigenvalue weighted by molar-refractivity contribution is -0.136. The molecule has 1 aromatic rings. The van der Waals surface area contributed by atoms with E-state index in [-0.39, 0.29) is 6.54 Å². The highest BCUT2D eigenvalue weighted by Gasteiger charge is 2.12. The van der Waals surface area contributed by atoms with Gasteiger partial charge in [-0.1, -0.05) is 6.08 Å². The molecule has 5 heteroatoms. The second-order valence-corrected chi connectivity index (χ2v) is 4.17. The number of nitrogens with zero attached hydrogens (tertiary/aromatic N) is 1. The van der Waals surface area contributed by atoms with E-state index in [1.165, 1.54) is 6.08 Å². The standard InChI is InChI=1S/C15H21N3O2/c1-4-11-16-14(19)15(20)17-12-7-9-13(10-8-12)18(5-2)6-3/h4,7-10H,1,5-6,11H2,2-3H3,(H,16,19)(H,17,20). The number of anilines is 2. The van der Waals surface area contributed by atoms with Crippen molar-refractivity contribution in [3.63, 3.8) is 0 Å². The molecule has 5 nitrogen and oxygen atoms in total. The van der Waals surface area contributed by atoms with Crippen LogP contribution in [-0.4, -0.2) is 31.4 Å². The minimum atomic E-state index is -0.678. The van der Waals surface area contributed by atoms with E-state index in [1.54, 1.807) is 12.1 Å². The van der Waals surface area contributed by atoms with Crippen LogP contribution in [0.2, 0.25) is 0 Å². The highest BCUT2D eigenvalue weighted by atomic mass is 16.2. The molecule has 0 bridgehead atoms. The van der Waals surface area contributed by atoms with Gasteiger partial charge in [0.1, 0.15) is 0 Å². The molecule has 1 aromatic carbocycles. The Balaban J connectivity index is 2.63. The van der Waals surface area contributed by atoms with Gasteiger partial charge in [-0.2, -0.15) is 0 Å². The number of rotatable bonds is 6. The Morgan fingerprint density at radius 1 is 1.15 bits per heavy atom. The molecule has 0 saturated carbocycles. The summed E-state index contributed by atoms with van der Waals surface area (Å²) in [5, 5.41) is 4.97. The Kier molecular flexibility index (Phi) is 6.29. The van der Waals surface area contributed by atoms with Crippen molar-refractivity contribution in [2.24, 2.45) is 0 Å². The van der Waals surface area contributed by atoms with Gasteiger partial charge in [0, 0.05) is 31.0 Å². The average molecular weight is 275 g/mol. The summed E-state index contributed by atoms with van der Waals surface area (Å²) in [7, 11) is 0. The fourth-order valence-corrected chi connectivity index (χ4v) is 1.78. The summed E-state index contributed by atoms with van der Waals surface area (Å²) in [6.07, 6.45) is 1.52. The molecule has 0 aliphatic rings. The third-order valence-electron chi connectivity index (χ3n) is 2.87. The number of carbonyl (C=O) groups excluding carboxylic acids is 2. The third-order valence-corrected chi connectivity index (χ3v) is 2.87. The first kappa shape index (κ1) is 15.8. The van der Waals surface area contributed by atoms with Gasteiger partial charge >= 0.3 is 11.8 Å². The number of hydrogen-bond donors (Lipinski definition) is 2. The van der Waals surface area contributed by atoms with Crippen molar-refractivity contribution in [1.82, 2.24) is 5.32 Å². The first-order valence-corrected chi connectivity index (χ1v) is 6.67. The summed E-state index contributed by atoms with van der Waals surface area (Å²) in [4.78, 5) is 25.2. The maximum Gasteiger partial charge on any atom is 0.313 e. The van der Waals surface area contributed by atoms with Crippen molar-refractivity contribution in [2.45, 2.75) is 13.8 Å². The molecule has 108 valence electrons. The molecule has 0 atom stereocenters. The molecule has 0 aromatic heterocycles. The van der Waals surface area contributed by atoms with Gasteiger partial charge in [0.25, 0.3) is 0 Å². The van der Waals surface area contributed by atoms with Crippen LogP contribution in [0.1, 0.15) is 13.8 Å². The van der Waals surface area contributed by atoms with Crippen LogP contribution in [0.5, 0.6) is 0 Å². The molecular formula is C15H21N3O2. The number of hydrogen-bond acceptors (Lipinski definition) is 3. The summed E-state index contributed by atoms with van der Waals surface area (Å²) in [5.41, 5.74) is 1.68. The zero-order valence-electron chi connectivity index (χ0n) is 12.0. The Hall–Kier alpha value is -2.30. The van der Waals surface area contributed by atoms with Crippen molar-refractivity contribution < 1.29 is 9.59 Å². The van der Waals surface area contributed by atoms with Crippen LogP contribution in [0.4, 0.5) is 11.4 Å². The lowest BCUT2D eigenvalue weighted by atomic mass is 10.2. The van der Waals surface area contributed by atoms with Gasteiger partial charge in [-0.15, -0.1) is 6.58 Å². The van der Waals surface area contributed by atoms with Gasteiger partial charge in [0.2, 0.25) is 0 Å². The van der Waals surface area contributed by atoms with Crippen molar-refractivity contribution in [3.8, 4) is 0 Å². The highest BCUT2D eigenvalue weighted by Crippen LogP contribution is 2.17. The van der Waals surface area contributed by atoms with Crippen LogP contribution >= 0.6 is 0 Å². The second-order valence-electron chi connectivity index (χ2n) is 4.17. The van der Waals surface area contributed by atoms with Crippen molar-refractivity contribution in [3.05, 3.63) is 36.9 Å². The fraction of sp³-hybridized carbons (Fsp3) is 0.333. The van der Waals surface area contributed by atoms with Crippen LogP contribution in [0, 0.1) is 0 Å². The molecule has 0 aliphatic heterocycles. The maximum absolute atomic E-state index is 11.6. The quantitative estimate of drug-likeness (QED) is 0.614. The fourth-order valence-electron chi connectivity index (χ4n) is 1.78. The van der Waals surface area contributed by atoms with E-state index in [2.05, 4.69) is 36.0 Å². The van der Waals surface area contributed by atoms with E-state index in [0.29, 0.717) is 5.69 Å². The van der Waals surface area contributed by atoms with E-state index in [4.69, 9.17) is 0 Å². The van der Waals surface area contributed by atoms with E-state index in [9.17, 15) is 9.59 Å². The Labute approximate surface area is 119 Å². The smallest absolute Gasteiger partial charge is 0.313 e. The largest absolute Gasteiger partial charge is 0.372 e. The van der Waals surface area contributed by atoms with Crippen LogP contribution < -0.4 is 15.5 Å². The molecule has 2 N–H and O–H groups in total. The van der Waals surface area contributed by atoms with E-state index < -0.39 is 11.8 Å². The zero-order chi connectivity index (χ0) is 15.0. The first-order valence-electron chi connectivity index (χ1n) is 6.67. The Morgan fingerprint density at radius 3 is 2.25 bits per heavy atom. The molecule has 2 amide bonds. The molecule has 1 rings (SSSR count). The summed E-state index contributed by atoms with van der Waals surface area (Å²) in [6, 6.07) is 7.41. The van der Waals surface area contributed by atoms with Gasteiger partial charge in [-0.05, 0) is 38.1 Å². The molecule has 0 unspecified atom stereocenters. The summed E-state index contributed by atoms with van der Waals surface area (Å²) in [6.45, 7) is 9.76. The normalized spacial score (nSPS) is 9.70. The Bertz CT molecular complexity index is 465. The minimum absolute atomic E-state index is 0.271. The number of nitrogens with one attached hydrogen (secondary N) is 2. The van der Waals surface area contributed by atoms with Crippen molar-refractivity contribution in [1.29, 1.82) is 0 Å². The number of benzene rings is 1. The zero-order valence-corrected chi connectivity index (χ0v) is 12.0. The lowest BCUT2D eigenvalue weighted by Crippen LogP contribution is -2.35. The summed E-state index contributed by atoms with van der Waals surface area (Å²) < 4.78 is 0. The molecular weight excluding hydrogens is 254 g/mol. The highest BCUT2D eigenvalue weighted by molar-refractivity contribution is 6.39.